The summed E-state index contributed by atoms with van der Waals surface area (Å²) in [5.41, 5.74) is 3.34. The summed E-state index contributed by atoms with van der Waals surface area (Å²) in [6.07, 6.45) is -0.868. The van der Waals surface area contributed by atoms with Crippen molar-refractivity contribution in [2.75, 3.05) is 5.32 Å². The van der Waals surface area contributed by atoms with Crippen molar-refractivity contribution in [2.24, 2.45) is 0 Å². The van der Waals surface area contributed by atoms with Crippen molar-refractivity contribution in [3.63, 3.8) is 0 Å². The summed E-state index contributed by atoms with van der Waals surface area (Å²) in [6, 6.07) is 10.3. The molecule has 0 spiro atoms. The molecule has 0 aliphatic rings. The third kappa shape index (κ3) is 4.10. The summed E-state index contributed by atoms with van der Waals surface area (Å²) in [7, 11) is 0. The standard InChI is InChI=1S/C18H20N2O4/c1-11-5-7-15(13(3)9-11)19-18(21)14(4)24-17-8-6-12(2)10-16(17)20(22)23/h5-10,14H,1-4H3,(H,19,21)/t14-/m1/s1. The van der Waals surface area contributed by atoms with Gasteiger partial charge < -0.3 is 10.1 Å². The number of carbonyl (C=O) groups excluding carboxylic acids is 1. The van der Waals surface area contributed by atoms with Crippen LogP contribution in [0.2, 0.25) is 0 Å². The van der Waals surface area contributed by atoms with Crippen LogP contribution in [0.1, 0.15) is 23.6 Å². The van der Waals surface area contributed by atoms with Gasteiger partial charge in [0.15, 0.2) is 11.9 Å². The first-order valence-corrected chi connectivity index (χ1v) is 7.57. The van der Waals surface area contributed by atoms with E-state index in [0.29, 0.717) is 5.69 Å². The number of nitrogens with one attached hydrogen (secondary N) is 1. The molecule has 1 amide bonds. The highest BCUT2D eigenvalue weighted by Crippen LogP contribution is 2.28. The van der Waals surface area contributed by atoms with Gasteiger partial charge in [-0.25, -0.2) is 0 Å². The van der Waals surface area contributed by atoms with Crippen LogP contribution in [-0.4, -0.2) is 16.9 Å². The van der Waals surface area contributed by atoms with E-state index in [1.165, 1.54) is 12.1 Å². The van der Waals surface area contributed by atoms with Gasteiger partial charge >= 0.3 is 5.69 Å². The first-order valence-electron chi connectivity index (χ1n) is 7.57. The van der Waals surface area contributed by atoms with E-state index < -0.39 is 11.0 Å². The molecule has 0 aromatic heterocycles. The quantitative estimate of drug-likeness (QED) is 0.666. The molecule has 0 bridgehead atoms. The molecule has 0 saturated carbocycles. The molecule has 6 heteroatoms. The Bertz CT molecular complexity index is 787. The lowest BCUT2D eigenvalue weighted by Crippen LogP contribution is -2.30. The predicted octanol–water partition coefficient (Wildman–Crippen LogP) is 3.93. The Labute approximate surface area is 140 Å². The van der Waals surface area contributed by atoms with Crippen molar-refractivity contribution >= 4 is 17.3 Å². The maximum Gasteiger partial charge on any atom is 0.311 e. The van der Waals surface area contributed by atoms with E-state index in [4.69, 9.17) is 4.74 Å². The van der Waals surface area contributed by atoms with E-state index in [9.17, 15) is 14.9 Å². The van der Waals surface area contributed by atoms with Gasteiger partial charge in [-0.1, -0.05) is 23.8 Å². The molecule has 6 nitrogen and oxygen atoms in total. The summed E-state index contributed by atoms with van der Waals surface area (Å²) in [5, 5.41) is 13.9. The second-order valence-corrected chi connectivity index (χ2v) is 5.80. The smallest absolute Gasteiger partial charge is 0.311 e. The second kappa shape index (κ2) is 7.12. The molecule has 126 valence electrons. The monoisotopic (exact) mass is 328 g/mol. The van der Waals surface area contributed by atoms with Crippen LogP contribution >= 0.6 is 0 Å². The lowest BCUT2D eigenvalue weighted by atomic mass is 10.1. The first-order chi connectivity index (χ1) is 11.3. The van der Waals surface area contributed by atoms with Crippen LogP contribution in [0.4, 0.5) is 11.4 Å². The van der Waals surface area contributed by atoms with E-state index in [0.717, 1.165) is 16.7 Å². The highest BCUT2D eigenvalue weighted by Gasteiger charge is 2.21. The number of carbonyl (C=O) groups is 1. The number of nitro benzene ring substituents is 1. The Kier molecular flexibility index (Phi) is 5.18. The lowest BCUT2D eigenvalue weighted by molar-refractivity contribution is -0.386. The number of nitrogens with zero attached hydrogens (tertiary/aromatic N) is 1. The largest absolute Gasteiger partial charge is 0.474 e. The minimum Gasteiger partial charge on any atom is -0.474 e. The Morgan fingerprint density at radius 3 is 2.38 bits per heavy atom. The average molecular weight is 328 g/mol. The number of benzene rings is 2. The Balaban J connectivity index is 2.13. The molecular weight excluding hydrogens is 308 g/mol. The zero-order valence-corrected chi connectivity index (χ0v) is 14.1. The fourth-order valence-electron chi connectivity index (χ4n) is 2.30. The van der Waals surface area contributed by atoms with Crippen LogP contribution < -0.4 is 10.1 Å². The summed E-state index contributed by atoms with van der Waals surface area (Å²) < 4.78 is 5.51. The Morgan fingerprint density at radius 2 is 1.75 bits per heavy atom. The van der Waals surface area contributed by atoms with Crippen molar-refractivity contribution in [2.45, 2.75) is 33.8 Å². The number of anilines is 1. The molecule has 0 saturated heterocycles. The number of hydrogen-bond donors (Lipinski definition) is 1. The van der Waals surface area contributed by atoms with Gasteiger partial charge in [-0.15, -0.1) is 0 Å². The molecule has 0 fully saturated rings. The van der Waals surface area contributed by atoms with Gasteiger partial charge in [-0.05, 0) is 51.0 Å². The fraction of sp³-hybridized carbons (Fsp3) is 0.278. The number of ether oxygens (including phenoxy) is 1. The summed E-state index contributed by atoms with van der Waals surface area (Å²) in [6.45, 7) is 7.19. The SMILES string of the molecule is Cc1ccc(NC(=O)[C@@H](C)Oc2ccc(C)cc2[N+](=O)[O-])c(C)c1. The van der Waals surface area contributed by atoms with Crippen molar-refractivity contribution in [3.8, 4) is 5.75 Å². The maximum absolute atomic E-state index is 12.3. The first kappa shape index (κ1) is 17.5. The second-order valence-electron chi connectivity index (χ2n) is 5.80. The van der Waals surface area contributed by atoms with E-state index in [1.54, 1.807) is 19.9 Å². The van der Waals surface area contributed by atoms with Gasteiger partial charge in [0.05, 0.1) is 4.92 Å². The average Bonchev–Trinajstić information content (AvgIpc) is 2.51. The van der Waals surface area contributed by atoms with Crippen molar-refractivity contribution < 1.29 is 14.5 Å². The van der Waals surface area contributed by atoms with Gasteiger partial charge in [-0.2, -0.15) is 0 Å². The Hall–Kier alpha value is -2.89. The molecule has 1 N–H and O–H groups in total. The van der Waals surface area contributed by atoms with Gasteiger partial charge in [0, 0.05) is 11.8 Å². The summed E-state index contributed by atoms with van der Waals surface area (Å²) in [5.74, 6) is -0.286. The van der Waals surface area contributed by atoms with Gasteiger partial charge in [0.25, 0.3) is 5.91 Å². The molecule has 2 aromatic rings. The molecule has 0 aliphatic carbocycles. The lowest BCUT2D eigenvalue weighted by Gasteiger charge is -2.16. The van der Waals surface area contributed by atoms with Crippen molar-refractivity contribution in [1.29, 1.82) is 0 Å². The van der Waals surface area contributed by atoms with Crippen molar-refractivity contribution in [1.82, 2.24) is 0 Å². The highest BCUT2D eigenvalue weighted by molar-refractivity contribution is 5.94. The molecule has 1 atom stereocenters. The molecule has 0 unspecified atom stereocenters. The van der Waals surface area contributed by atoms with Gasteiger partial charge in [-0.3, -0.25) is 14.9 Å². The van der Waals surface area contributed by atoms with Crippen LogP contribution in [0.3, 0.4) is 0 Å². The summed E-state index contributed by atoms with van der Waals surface area (Å²) >= 11 is 0. The van der Waals surface area contributed by atoms with Gasteiger partial charge in [0.1, 0.15) is 0 Å². The molecule has 0 radical (unpaired) electrons. The van der Waals surface area contributed by atoms with Crippen molar-refractivity contribution in [3.05, 3.63) is 63.2 Å². The molecule has 0 heterocycles. The molecule has 2 rings (SSSR count). The number of amides is 1. The maximum atomic E-state index is 12.3. The Morgan fingerprint density at radius 1 is 1.12 bits per heavy atom. The molecule has 24 heavy (non-hydrogen) atoms. The number of hydrogen-bond acceptors (Lipinski definition) is 4. The zero-order chi connectivity index (χ0) is 17.9. The topological polar surface area (TPSA) is 81.5 Å². The van der Waals surface area contributed by atoms with Crippen LogP contribution in [0.25, 0.3) is 0 Å². The number of aryl methyl sites for hydroxylation is 3. The third-order valence-electron chi connectivity index (χ3n) is 3.62. The van der Waals surface area contributed by atoms with Gasteiger partial charge in [0.2, 0.25) is 0 Å². The predicted molar refractivity (Wildman–Crippen MR) is 92.5 cm³/mol. The minimum atomic E-state index is -0.868. The highest BCUT2D eigenvalue weighted by atomic mass is 16.6. The van der Waals surface area contributed by atoms with Crippen LogP contribution in [0, 0.1) is 30.9 Å². The normalized spacial score (nSPS) is 11.7. The van der Waals surface area contributed by atoms with Crippen LogP contribution in [0.5, 0.6) is 5.75 Å². The molecule has 2 aromatic carbocycles. The van der Waals surface area contributed by atoms with E-state index >= 15 is 0 Å². The van der Waals surface area contributed by atoms with Crippen LogP contribution in [0.15, 0.2) is 36.4 Å². The third-order valence-corrected chi connectivity index (χ3v) is 3.62. The molecule has 0 aliphatic heterocycles. The van der Waals surface area contributed by atoms with Crippen LogP contribution in [-0.2, 0) is 4.79 Å². The zero-order valence-electron chi connectivity index (χ0n) is 14.1. The summed E-state index contributed by atoms with van der Waals surface area (Å²) in [4.78, 5) is 22.9. The van der Waals surface area contributed by atoms with E-state index in [2.05, 4.69) is 5.32 Å². The number of nitro groups is 1. The molecular formula is C18H20N2O4. The number of rotatable bonds is 5. The van der Waals surface area contributed by atoms with E-state index in [1.807, 2.05) is 32.0 Å². The minimum absolute atomic E-state index is 0.0777. The fourth-order valence-corrected chi connectivity index (χ4v) is 2.30. The van der Waals surface area contributed by atoms with E-state index in [-0.39, 0.29) is 17.3 Å².